The minimum absolute atomic E-state index is 0.0541. The van der Waals surface area contributed by atoms with Crippen LogP contribution in [-0.2, 0) is 60.2 Å². The van der Waals surface area contributed by atoms with Gasteiger partial charge in [0.05, 0.1) is 10.8 Å². The molecule has 0 N–H and O–H groups in total. The number of hydrogen-bond donors (Lipinski definition) is 0. The smallest absolute Gasteiger partial charge is 0.0719 e. The van der Waals surface area contributed by atoms with Gasteiger partial charge in [-0.05, 0) is 389 Å². The number of benzene rings is 20. The zero-order chi connectivity index (χ0) is 104. The number of nitrogens with zero attached hydrogens (tertiary/aromatic N) is 4. The van der Waals surface area contributed by atoms with Crippen molar-refractivity contribution in [2.45, 2.75) is 129 Å². The van der Waals surface area contributed by atoms with E-state index in [0.717, 1.165) is 38.5 Å². The topological polar surface area (TPSA) is 13.0 Å². The average Bonchev–Trinajstić information content (AvgIpc) is 1.50. The molecule has 0 fully saturated rings. The highest BCUT2D eigenvalue weighted by molar-refractivity contribution is 6.11. The quantitative estimate of drug-likeness (QED) is 0.150. The van der Waals surface area contributed by atoms with Crippen LogP contribution >= 0.6 is 0 Å². The molecule has 20 aromatic carbocycles. The highest BCUT2D eigenvalue weighted by atomic mass is 15.0. The van der Waals surface area contributed by atoms with Crippen LogP contribution in [0.3, 0.4) is 0 Å². The standard InChI is InChI=1S/2C37H24.2C26H20.4C3H9N.3C2H6/c2*1-6-14-28-23(9-1)17-19-33-35(28)36-30-22-24-10-2-5-13-27(24)29(30)18-20-34(36)37(33)31-15-7-3-11-25(31)21-26-12-4-8-16-32(26)37;2*1-26(2)22-13-11-16-7-3-6-10-19(16)24(22)25-21-15-17-8-4-5-9-18(17)20(21)12-14-23(25)26;4*1-4(2)3;3*1-2/h2*1-20H,21-22H2;2*3-14H,15H2,1-2H3;4*1-3H3;3*1-2H3. The van der Waals surface area contributed by atoms with Gasteiger partial charge in [-0.15, -0.1) is 0 Å². The van der Waals surface area contributed by atoms with E-state index in [1.54, 1.807) is 0 Å². The van der Waals surface area contributed by atoms with E-state index in [-0.39, 0.29) is 21.7 Å². The minimum Gasteiger partial charge on any atom is -0.312 e. The molecule has 0 heterocycles. The molecule has 0 unspecified atom stereocenters. The van der Waals surface area contributed by atoms with Gasteiger partial charge in [0.25, 0.3) is 0 Å². The van der Waals surface area contributed by atoms with E-state index in [0.29, 0.717) is 0 Å². The lowest BCUT2D eigenvalue weighted by Gasteiger charge is -2.40. The van der Waals surface area contributed by atoms with Crippen molar-refractivity contribution >= 4 is 43.1 Å². The van der Waals surface area contributed by atoms with E-state index in [9.17, 15) is 0 Å². The first-order chi connectivity index (χ1) is 72.0. The molecule has 30 rings (SSSR count). The lowest BCUT2D eigenvalue weighted by Crippen LogP contribution is -2.34. The zero-order valence-corrected chi connectivity index (χ0v) is 91.0. The van der Waals surface area contributed by atoms with Crippen LogP contribution < -0.4 is 0 Å². The van der Waals surface area contributed by atoms with Gasteiger partial charge in [-0.25, -0.2) is 0 Å². The largest absolute Gasteiger partial charge is 0.312 e. The summed E-state index contributed by atoms with van der Waals surface area (Å²) in [6, 6.07) is 146. The Balaban J connectivity index is 0.000000113. The second-order valence-corrected chi connectivity index (χ2v) is 43.3. The molecule has 4 nitrogen and oxygen atoms in total. The molecule has 0 aromatic heterocycles. The second kappa shape index (κ2) is 41.2. The Hall–Kier alpha value is -14.7. The summed E-state index contributed by atoms with van der Waals surface area (Å²) < 4.78 is 0. The van der Waals surface area contributed by atoms with Crippen molar-refractivity contribution in [3.05, 3.63) is 522 Å². The summed E-state index contributed by atoms with van der Waals surface area (Å²) in [6.07, 6.45) is 6.07. The minimum atomic E-state index is -0.302. The van der Waals surface area contributed by atoms with Gasteiger partial charge >= 0.3 is 0 Å². The first-order valence-corrected chi connectivity index (χ1v) is 53.8. The molecule has 148 heavy (non-hydrogen) atoms. The SMILES string of the molecule is CC.CC.CC.CC1(C)c2ccc3c(c2-c2c1ccc1ccccc21)Cc1ccccc1-3.CC1(C)c2ccc3c(c2-c2c1ccc1ccccc21)Cc1ccccc1-3.CN(C)C.CN(C)C.CN(C)C.CN(C)C.c1ccc2c(c1)Cc1c-2ccc2c1-c1c(ccc3ccccc13)C21c2ccccc2Cc2ccccc21.c1ccc2c(c1)Cc1c-2ccc2c1-c1c(ccc3ccccc13)C21c2ccccc2Cc2ccccc21. The van der Waals surface area contributed by atoms with Crippen molar-refractivity contribution < 1.29 is 0 Å². The summed E-state index contributed by atoms with van der Waals surface area (Å²) in [7, 11) is 24.0. The predicted octanol–water partition coefficient (Wildman–Crippen LogP) is 34.6. The van der Waals surface area contributed by atoms with Gasteiger partial charge in [-0.2, -0.15) is 0 Å². The molecule has 10 aliphatic rings. The number of fused-ring (bicyclic) bond motifs is 48. The van der Waals surface area contributed by atoms with Crippen LogP contribution in [-0.4, -0.2) is 104 Å². The van der Waals surface area contributed by atoms with Crippen molar-refractivity contribution in [3.8, 4) is 89.0 Å². The summed E-state index contributed by atoms with van der Waals surface area (Å²) in [5.74, 6) is 0. The monoisotopic (exact) mass is 1930 g/mol. The summed E-state index contributed by atoms with van der Waals surface area (Å²) >= 11 is 0. The zero-order valence-electron chi connectivity index (χ0n) is 91.0. The third-order valence-electron chi connectivity index (χ3n) is 31.4. The third-order valence-corrected chi connectivity index (χ3v) is 31.4. The third kappa shape index (κ3) is 16.7. The molecule has 10 aliphatic carbocycles. The Kier molecular flexibility index (Phi) is 28.0. The maximum Gasteiger partial charge on any atom is 0.0719 e. The maximum absolute atomic E-state index is 2.46. The van der Waals surface area contributed by atoms with Crippen LogP contribution in [0.1, 0.15) is 203 Å². The van der Waals surface area contributed by atoms with Crippen molar-refractivity contribution in [3.63, 3.8) is 0 Å². The second-order valence-electron chi connectivity index (χ2n) is 43.3. The van der Waals surface area contributed by atoms with Crippen molar-refractivity contribution in [1.29, 1.82) is 0 Å². The van der Waals surface area contributed by atoms with E-state index in [1.165, 1.54) is 266 Å². The maximum atomic E-state index is 2.46. The van der Waals surface area contributed by atoms with Crippen LogP contribution in [0.15, 0.2) is 388 Å². The molecule has 0 atom stereocenters. The van der Waals surface area contributed by atoms with E-state index < -0.39 is 0 Å². The van der Waals surface area contributed by atoms with Crippen LogP contribution in [0.4, 0.5) is 0 Å². The normalized spacial score (nSPS) is 14.0. The Labute approximate surface area is 881 Å². The highest BCUT2D eigenvalue weighted by Crippen LogP contribution is 2.67. The van der Waals surface area contributed by atoms with Gasteiger partial charge in [-0.1, -0.05) is 457 Å². The lowest BCUT2D eigenvalue weighted by molar-refractivity contribution is 0.505. The Morgan fingerprint density at radius 1 is 0.149 bits per heavy atom. The number of hydrogen-bond acceptors (Lipinski definition) is 4. The van der Waals surface area contributed by atoms with Crippen LogP contribution in [0, 0.1) is 0 Å². The lowest BCUT2D eigenvalue weighted by atomic mass is 9.61. The van der Waals surface area contributed by atoms with Gasteiger partial charge in [0.15, 0.2) is 0 Å². The van der Waals surface area contributed by atoms with Gasteiger partial charge in [0, 0.05) is 10.8 Å². The molecule has 0 saturated carbocycles. The Morgan fingerprint density at radius 2 is 0.318 bits per heavy atom. The molecule has 0 bridgehead atoms. The van der Waals surface area contributed by atoms with Crippen molar-refractivity contribution in [1.82, 2.24) is 19.6 Å². The van der Waals surface area contributed by atoms with Gasteiger partial charge in [0.2, 0.25) is 0 Å². The van der Waals surface area contributed by atoms with Crippen molar-refractivity contribution in [2.24, 2.45) is 0 Å². The Morgan fingerprint density at radius 3 is 0.568 bits per heavy atom. The van der Waals surface area contributed by atoms with Gasteiger partial charge < -0.3 is 19.6 Å². The first-order valence-electron chi connectivity index (χ1n) is 53.8. The molecular weight excluding hydrogens is 1790 g/mol. The molecule has 0 amide bonds. The first kappa shape index (κ1) is 101. The molecule has 2 spiro atoms. The van der Waals surface area contributed by atoms with Crippen LogP contribution in [0.5, 0.6) is 0 Å². The fourth-order valence-electron chi connectivity index (χ4n) is 26.1. The molecule has 0 aliphatic heterocycles. The molecule has 0 radical (unpaired) electrons. The van der Waals surface area contributed by atoms with Gasteiger partial charge in [0.1, 0.15) is 0 Å². The van der Waals surface area contributed by atoms with Crippen molar-refractivity contribution in [2.75, 3.05) is 84.6 Å². The van der Waals surface area contributed by atoms with E-state index in [1.807, 2.05) is 146 Å². The fourth-order valence-corrected chi connectivity index (χ4v) is 26.1. The summed E-state index contributed by atoms with van der Waals surface area (Å²) in [5.41, 5.74) is 57.6. The predicted molar refractivity (Wildman–Crippen MR) is 637 cm³/mol. The van der Waals surface area contributed by atoms with Gasteiger partial charge in [-0.3, -0.25) is 0 Å². The molecule has 738 valence electrons. The van der Waals surface area contributed by atoms with E-state index >= 15 is 0 Å². The summed E-state index contributed by atoms with van der Waals surface area (Å²) in [5, 5.41) is 10.8. The Bertz CT molecular complexity index is 7880. The summed E-state index contributed by atoms with van der Waals surface area (Å²) in [4.78, 5) is 8.00. The van der Waals surface area contributed by atoms with Crippen LogP contribution in [0.2, 0.25) is 0 Å². The highest BCUT2D eigenvalue weighted by Gasteiger charge is 2.54. The fraction of sp³-hybridized carbons (Fsp3) is 0.222. The molecule has 20 aromatic rings. The number of rotatable bonds is 0. The average molecular weight is 1930 g/mol. The van der Waals surface area contributed by atoms with Crippen LogP contribution in [0.25, 0.3) is 132 Å². The molecular formula is C144H142N4. The molecule has 4 heteroatoms. The summed E-state index contributed by atoms with van der Waals surface area (Å²) in [6.45, 7) is 21.5. The van der Waals surface area contributed by atoms with E-state index in [4.69, 9.17) is 0 Å². The van der Waals surface area contributed by atoms with E-state index in [2.05, 4.69) is 416 Å². The molecule has 0 saturated heterocycles.